The smallest absolute Gasteiger partial charge is 0.305 e. The number of rotatable bonds is 10. The molecule has 8 heteroatoms. The first-order chi connectivity index (χ1) is 14.0. The van der Waals surface area contributed by atoms with E-state index >= 15 is 0 Å². The van der Waals surface area contributed by atoms with E-state index in [1.165, 1.54) is 12.0 Å². The van der Waals surface area contributed by atoms with Gasteiger partial charge in [-0.3, -0.25) is 14.4 Å². The van der Waals surface area contributed by atoms with Crippen LogP contribution < -0.4 is 10.6 Å². The van der Waals surface area contributed by atoms with E-state index in [0.717, 1.165) is 11.4 Å². The Morgan fingerprint density at radius 2 is 1.83 bits per heavy atom. The zero-order valence-corrected chi connectivity index (χ0v) is 16.7. The van der Waals surface area contributed by atoms with Crippen molar-refractivity contribution >= 4 is 23.6 Å². The number of aryl methyl sites for hydroxylation is 1. The molecule has 154 valence electrons. The zero-order chi connectivity index (χ0) is 21.1. The number of hydrogen-bond donors (Lipinski definition) is 2. The molecule has 29 heavy (non-hydrogen) atoms. The number of likely N-dealkylation sites (N-methyl/N-ethyl adjacent to an activating group) is 1. The maximum Gasteiger partial charge on any atom is 0.305 e. The van der Waals surface area contributed by atoms with Crippen molar-refractivity contribution < 1.29 is 19.1 Å². The van der Waals surface area contributed by atoms with Crippen molar-refractivity contribution in [1.29, 1.82) is 0 Å². The molecule has 0 bridgehead atoms. The summed E-state index contributed by atoms with van der Waals surface area (Å²) in [5, 5.41) is 5.86. The Hall–Kier alpha value is -3.42. The maximum absolute atomic E-state index is 12.7. The summed E-state index contributed by atoms with van der Waals surface area (Å²) in [7, 11) is 2.91. The number of pyridine rings is 1. The molecule has 2 rings (SSSR count). The summed E-state index contributed by atoms with van der Waals surface area (Å²) in [6.07, 6.45) is 2.27. The van der Waals surface area contributed by atoms with Crippen LogP contribution in [0.25, 0.3) is 0 Å². The molecule has 1 heterocycles. The molecular formula is C21H26N4O4. The van der Waals surface area contributed by atoms with Gasteiger partial charge in [-0.15, -0.1) is 0 Å². The van der Waals surface area contributed by atoms with Gasteiger partial charge in [0.15, 0.2) is 0 Å². The number of methoxy groups -OCH3 is 1. The Morgan fingerprint density at radius 1 is 1.07 bits per heavy atom. The molecule has 2 N–H and O–H groups in total. The van der Waals surface area contributed by atoms with Gasteiger partial charge in [0.1, 0.15) is 5.82 Å². The highest BCUT2D eigenvalue weighted by atomic mass is 16.5. The van der Waals surface area contributed by atoms with E-state index in [0.29, 0.717) is 25.1 Å². The van der Waals surface area contributed by atoms with Gasteiger partial charge >= 0.3 is 5.97 Å². The Bertz CT molecular complexity index is 826. The van der Waals surface area contributed by atoms with E-state index in [9.17, 15) is 14.4 Å². The van der Waals surface area contributed by atoms with Gasteiger partial charge in [-0.2, -0.15) is 0 Å². The Kier molecular flexibility index (Phi) is 8.62. The van der Waals surface area contributed by atoms with Crippen molar-refractivity contribution in [2.75, 3.05) is 39.1 Å². The topological polar surface area (TPSA) is 101 Å². The summed E-state index contributed by atoms with van der Waals surface area (Å²) >= 11 is 0. The van der Waals surface area contributed by atoms with Gasteiger partial charge < -0.3 is 20.3 Å². The second-order valence-corrected chi connectivity index (χ2v) is 6.39. The molecule has 0 fully saturated rings. The number of anilines is 1. The molecule has 1 aromatic carbocycles. The minimum Gasteiger partial charge on any atom is -0.469 e. The molecular weight excluding hydrogens is 372 g/mol. The summed E-state index contributed by atoms with van der Waals surface area (Å²) in [6, 6.07) is 12.6. The van der Waals surface area contributed by atoms with E-state index in [4.69, 9.17) is 0 Å². The Morgan fingerprint density at radius 3 is 2.55 bits per heavy atom. The summed E-state index contributed by atoms with van der Waals surface area (Å²) in [4.78, 5) is 41.7. The predicted octanol–water partition coefficient (Wildman–Crippen LogP) is 1.49. The van der Waals surface area contributed by atoms with E-state index in [1.54, 1.807) is 31.4 Å². The lowest BCUT2D eigenvalue weighted by molar-refractivity contribution is -0.140. The molecule has 0 saturated carbocycles. The first kappa shape index (κ1) is 21.9. The van der Waals surface area contributed by atoms with Crippen LogP contribution in [0.4, 0.5) is 5.82 Å². The van der Waals surface area contributed by atoms with Crippen LogP contribution in [0.2, 0.25) is 0 Å². The molecule has 0 aliphatic heterocycles. The number of esters is 1. The van der Waals surface area contributed by atoms with Crippen LogP contribution in [-0.4, -0.2) is 61.5 Å². The van der Waals surface area contributed by atoms with Gasteiger partial charge in [0, 0.05) is 38.3 Å². The van der Waals surface area contributed by atoms with Crippen molar-refractivity contribution in [1.82, 2.24) is 15.2 Å². The average molecular weight is 398 g/mol. The molecule has 8 nitrogen and oxygen atoms in total. The minimum atomic E-state index is -0.334. The van der Waals surface area contributed by atoms with Gasteiger partial charge in [-0.1, -0.05) is 24.3 Å². The molecule has 2 aromatic rings. The number of benzene rings is 1. The van der Waals surface area contributed by atoms with Crippen molar-refractivity contribution in [3.8, 4) is 0 Å². The fourth-order valence-corrected chi connectivity index (χ4v) is 2.69. The average Bonchev–Trinajstić information content (AvgIpc) is 2.75. The monoisotopic (exact) mass is 398 g/mol. The number of hydrogen-bond acceptors (Lipinski definition) is 6. The lowest BCUT2D eigenvalue weighted by Crippen LogP contribution is -2.40. The van der Waals surface area contributed by atoms with Crippen LogP contribution in [0.3, 0.4) is 0 Å². The minimum absolute atomic E-state index is 0.0617. The van der Waals surface area contributed by atoms with Crippen molar-refractivity contribution in [2.24, 2.45) is 0 Å². The van der Waals surface area contributed by atoms with Crippen LogP contribution in [0.15, 0.2) is 48.7 Å². The third kappa shape index (κ3) is 7.25. The summed E-state index contributed by atoms with van der Waals surface area (Å²) in [6.45, 7) is 0.873. The molecule has 1 aromatic heterocycles. The molecule has 0 atom stereocenters. The highest BCUT2D eigenvalue weighted by Gasteiger charge is 2.18. The Labute approximate surface area is 170 Å². The molecule has 0 aliphatic carbocycles. The number of amides is 2. The molecule has 0 saturated heterocycles. The van der Waals surface area contributed by atoms with Gasteiger partial charge in [-0.05, 0) is 30.2 Å². The van der Waals surface area contributed by atoms with Crippen LogP contribution in [0.1, 0.15) is 22.3 Å². The number of carbonyl (C=O) groups is 3. The molecule has 0 spiro atoms. The predicted molar refractivity (Wildman–Crippen MR) is 109 cm³/mol. The molecule has 0 radical (unpaired) electrons. The lowest BCUT2D eigenvalue weighted by atomic mass is 10.0. The fourth-order valence-electron chi connectivity index (χ4n) is 2.69. The van der Waals surface area contributed by atoms with Crippen LogP contribution >= 0.6 is 0 Å². The summed E-state index contributed by atoms with van der Waals surface area (Å²) < 4.78 is 4.65. The largest absolute Gasteiger partial charge is 0.469 e. The van der Waals surface area contributed by atoms with Crippen molar-refractivity contribution in [2.45, 2.75) is 12.8 Å². The summed E-state index contributed by atoms with van der Waals surface area (Å²) in [5.74, 6) is -0.125. The maximum atomic E-state index is 12.7. The third-order valence-electron chi connectivity index (χ3n) is 4.22. The van der Waals surface area contributed by atoms with Gasteiger partial charge in [0.25, 0.3) is 5.91 Å². The van der Waals surface area contributed by atoms with Gasteiger partial charge in [0.2, 0.25) is 5.91 Å². The molecule has 0 unspecified atom stereocenters. The van der Waals surface area contributed by atoms with Crippen molar-refractivity contribution in [3.05, 3.63) is 59.8 Å². The number of aromatic nitrogens is 1. The second kappa shape index (κ2) is 11.4. The summed E-state index contributed by atoms with van der Waals surface area (Å²) in [5.41, 5.74) is 1.22. The normalized spacial score (nSPS) is 10.1. The number of ether oxygens (including phenoxy) is 1. The quantitative estimate of drug-likeness (QED) is 0.465. The zero-order valence-electron chi connectivity index (χ0n) is 16.7. The van der Waals surface area contributed by atoms with Gasteiger partial charge in [-0.25, -0.2) is 4.98 Å². The van der Waals surface area contributed by atoms with E-state index in [1.807, 2.05) is 24.3 Å². The van der Waals surface area contributed by atoms with E-state index < -0.39 is 0 Å². The fraction of sp³-hybridized carbons (Fsp3) is 0.333. The first-order valence-corrected chi connectivity index (χ1v) is 9.33. The number of carbonyl (C=O) groups excluding carboxylic acids is 3. The van der Waals surface area contributed by atoms with E-state index in [2.05, 4.69) is 20.4 Å². The molecule has 2 amide bonds. The standard InChI is InChI=1S/C21H26N4O4/c1-25(15-19(26)24-14-13-23-18-9-5-6-12-22-18)21(28)17-8-4-3-7-16(17)10-11-20(27)29-2/h3-9,12H,10-11,13-15H2,1-2H3,(H,22,23)(H,24,26). The van der Waals surface area contributed by atoms with Gasteiger partial charge in [0.05, 0.1) is 13.7 Å². The highest BCUT2D eigenvalue weighted by molar-refractivity contribution is 5.97. The highest BCUT2D eigenvalue weighted by Crippen LogP contribution is 2.13. The third-order valence-corrected chi connectivity index (χ3v) is 4.22. The Balaban J connectivity index is 1.82. The second-order valence-electron chi connectivity index (χ2n) is 6.39. The first-order valence-electron chi connectivity index (χ1n) is 9.33. The van der Waals surface area contributed by atoms with Crippen molar-refractivity contribution in [3.63, 3.8) is 0 Å². The van der Waals surface area contributed by atoms with Crippen LogP contribution in [-0.2, 0) is 20.7 Å². The van der Waals surface area contributed by atoms with Crippen LogP contribution in [0.5, 0.6) is 0 Å². The molecule has 0 aliphatic rings. The number of nitrogens with one attached hydrogen (secondary N) is 2. The lowest BCUT2D eigenvalue weighted by Gasteiger charge is -2.19. The van der Waals surface area contributed by atoms with Crippen LogP contribution in [0, 0.1) is 0 Å². The SMILES string of the molecule is COC(=O)CCc1ccccc1C(=O)N(C)CC(=O)NCCNc1ccccn1. The number of nitrogens with zero attached hydrogens (tertiary/aromatic N) is 2. The van der Waals surface area contributed by atoms with E-state index in [-0.39, 0.29) is 30.7 Å².